The van der Waals surface area contributed by atoms with Crippen molar-refractivity contribution in [2.24, 2.45) is 5.73 Å². The van der Waals surface area contributed by atoms with Gasteiger partial charge in [0.15, 0.2) is 0 Å². The second kappa shape index (κ2) is 5.94. The smallest absolute Gasteiger partial charge is 0.372 e. The fourth-order valence-corrected chi connectivity index (χ4v) is 1.30. The van der Waals surface area contributed by atoms with Crippen LogP contribution in [0.15, 0.2) is 6.33 Å². The summed E-state index contributed by atoms with van der Waals surface area (Å²) in [5.41, 5.74) is 5.24. The summed E-state index contributed by atoms with van der Waals surface area (Å²) in [4.78, 5) is 17.9. The Bertz CT molecular complexity index is 394. The van der Waals surface area contributed by atoms with Crippen molar-refractivity contribution in [3.05, 3.63) is 16.4 Å². The number of aromatic nitrogens is 2. The van der Waals surface area contributed by atoms with Crippen LogP contribution < -0.4 is 15.8 Å². The fraction of sp³-hybridized carbons (Fsp3) is 0.556. The molecule has 1 aromatic rings. The maximum Gasteiger partial charge on any atom is 0.372 e. The lowest BCUT2D eigenvalue weighted by atomic mass is 10.2. The van der Waals surface area contributed by atoms with Gasteiger partial charge in [0.2, 0.25) is 5.82 Å². The third-order valence-electron chi connectivity index (χ3n) is 2.28. The quantitative estimate of drug-likeness (QED) is 0.551. The van der Waals surface area contributed by atoms with Crippen molar-refractivity contribution < 1.29 is 9.66 Å². The molecule has 0 radical (unpaired) electrons. The second-order valence-electron chi connectivity index (χ2n) is 3.32. The number of nitrogens with one attached hydrogen (secondary N) is 1. The van der Waals surface area contributed by atoms with E-state index in [1.54, 1.807) is 0 Å². The summed E-state index contributed by atoms with van der Waals surface area (Å²) in [6.45, 7) is 2.29. The topological polar surface area (TPSA) is 116 Å². The molecule has 0 bridgehead atoms. The molecule has 8 heteroatoms. The van der Waals surface area contributed by atoms with E-state index in [1.165, 1.54) is 13.4 Å². The second-order valence-corrected chi connectivity index (χ2v) is 3.32. The minimum Gasteiger partial charge on any atom is -0.476 e. The van der Waals surface area contributed by atoms with E-state index >= 15 is 0 Å². The van der Waals surface area contributed by atoms with Crippen LogP contribution in [0.3, 0.4) is 0 Å². The zero-order chi connectivity index (χ0) is 12.8. The van der Waals surface area contributed by atoms with E-state index in [-0.39, 0.29) is 23.4 Å². The largest absolute Gasteiger partial charge is 0.476 e. The summed E-state index contributed by atoms with van der Waals surface area (Å²) in [6, 6.07) is -0.0756. The molecular formula is C9H15N5O3. The van der Waals surface area contributed by atoms with Crippen molar-refractivity contribution in [1.82, 2.24) is 9.97 Å². The van der Waals surface area contributed by atoms with Gasteiger partial charge in [0.1, 0.15) is 6.33 Å². The molecule has 3 N–H and O–H groups in total. The Morgan fingerprint density at radius 1 is 1.65 bits per heavy atom. The zero-order valence-corrected chi connectivity index (χ0v) is 9.71. The van der Waals surface area contributed by atoms with Crippen molar-refractivity contribution in [3.8, 4) is 5.88 Å². The molecule has 0 aliphatic rings. The highest BCUT2D eigenvalue weighted by atomic mass is 16.6. The zero-order valence-electron chi connectivity index (χ0n) is 9.71. The Balaban J connectivity index is 3.09. The van der Waals surface area contributed by atoms with Gasteiger partial charge in [-0.25, -0.2) is 4.98 Å². The summed E-state index contributed by atoms with van der Waals surface area (Å²) in [5.74, 6) is 0.0542. The van der Waals surface area contributed by atoms with Crippen molar-refractivity contribution >= 4 is 11.5 Å². The highest BCUT2D eigenvalue weighted by Gasteiger charge is 2.24. The van der Waals surface area contributed by atoms with Crippen LogP contribution in [0.25, 0.3) is 0 Å². The molecule has 1 unspecified atom stereocenters. The first-order valence-corrected chi connectivity index (χ1v) is 5.14. The highest BCUT2D eigenvalue weighted by molar-refractivity contribution is 5.61. The average Bonchev–Trinajstić information content (AvgIpc) is 2.34. The number of nitrogens with zero attached hydrogens (tertiary/aromatic N) is 3. The maximum absolute atomic E-state index is 10.9. The number of hydrogen-bond donors (Lipinski definition) is 2. The Labute approximate surface area is 98.4 Å². The third-order valence-corrected chi connectivity index (χ3v) is 2.28. The molecule has 1 rings (SSSR count). The summed E-state index contributed by atoms with van der Waals surface area (Å²) >= 11 is 0. The number of anilines is 1. The Kier molecular flexibility index (Phi) is 4.58. The molecule has 1 aromatic heterocycles. The number of ether oxygens (including phenoxy) is 1. The highest BCUT2D eigenvalue weighted by Crippen LogP contribution is 2.30. The van der Waals surface area contributed by atoms with Crippen LogP contribution in [0.5, 0.6) is 5.88 Å². The van der Waals surface area contributed by atoms with Gasteiger partial charge in [-0.05, 0) is 6.42 Å². The number of nitro groups is 1. The van der Waals surface area contributed by atoms with E-state index in [9.17, 15) is 10.1 Å². The third kappa shape index (κ3) is 3.00. The normalized spacial score (nSPS) is 11.9. The predicted molar refractivity (Wildman–Crippen MR) is 62.0 cm³/mol. The summed E-state index contributed by atoms with van der Waals surface area (Å²) in [7, 11) is 1.32. The molecule has 0 fully saturated rings. The van der Waals surface area contributed by atoms with Gasteiger partial charge in [-0.15, -0.1) is 0 Å². The Morgan fingerprint density at radius 3 is 2.82 bits per heavy atom. The molecule has 0 saturated carbocycles. The minimum atomic E-state index is -0.579. The molecule has 17 heavy (non-hydrogen) atoms. The SMILES string of the molecule is CCC(CN)Nc1ncnc(OC)c1[N+](=O)[O-]. The Morgan fingerprint density at radius 2 is 2.35 bits per heavy atom. The summed E-state index contributed by atoms with van der Waals surface area (Å²) < 4.78 is 4.83. The lowest BCUT2D eigenvalue weighted by Gasteiger charge is -2.15. The standard InChI is InChI=1S/C9H15N5O3/c1-3-6(4-10)13-8-7(14(15)16)9(17-2)12-5-11-8/h5-6H,3-4,10H2,1-2H3,(H,11,12,13). The van der Waals surface area contributed by atoms with Gasteiger partial charge in [-0.1, -0.05) is 6.92 Å². The van der Waals surface area contributed by atoms with Gasteiger partial charge in [-0.3, -0.25) is 10.1 Å². The van der Waals surface area contributed by atoms with Crippen molar-refractivity contribution in [2.75, 3.05) is 19.0 Å². The van der Waals surface area contributed by atoms with Crippen LogP contribution in [-0.4, -0.2) is 34.6 Å². The van der Waals surface area contributed by atoms with Gasteiger partial charge in [0.25, 0.3) is 5.88 Å². The molecule has 0 aliphatic carbocycles. The molecule has 8 nitrogen and oxygen atoms in total. The lowest BCUT2D eigenvalue weighted by molar-refractivity contribution is -0.385. The molecule has 94 valence electrons. The molecule has 0 spiro atoms. The monoisotopic (exact) mass is 241 g/mol. The van der Waals surface area contributed by atoms with E-state index in [1.807, 2.05) is 6.92 Å². The first kappa shape index (κ1) is 13.1. The van der Waals surface area contributed by atoms with Crippen LogP contribution >= 0.6 is 0 Å². The average molecular weight is 241 g/mol. The van der Waals surface area contributed by atoms with Gasteiger partial charge in [-0.2, -0.15) is 4.98 Å². The summed E-state index contributed by atoms with van der Waals surface area (Å²) in [5, 5.41) is 13.8. The number of methoxy groups -OCH3 is 1. The fourth-order valence-electron chi connectivity index (χ4n) is 1.30. The molecule has 0 amide bonds. The van der Waals surface area contributed by atoms with E-state index in [4.69, 9.17) is 10.5 Å². The Hall–Kier alpha value is -1.96. The van der Waals surface area contributed by atoms with Crippen LogP contribution in [0.4, 0.5) is 11.5 Å². The van der Waals surface area contributed by atoms with E-state index in [0.29, 0.717) is 6.54 Å². The van der Waals surface area contributed by atoms with Crippen LogP contribution in [-0.2, 0) is 0 Å². The summed E-state index contributed by atoms with van der Waals surface area (Å²) in [6.07, 6.45) is 1.94. The van der Waals surface area contributed by atoms with Crippen molar-refractivity contribution in [2.45, 2.75) is 19.4 Å². The molecule has 0 aliphatic heterocycles. The minimum absolute atomic E-state index is 0.0700. The van der Waals surface area contributed by atoms with Crippen LogP contribution in [0.1, 0.15) is 13.3 Å². The van der Waals surface area contributed by atoms with Crippen molar-refractivity contribution in [1.29, 1.82) is 0 Å². The van der Waals surface area contributed by atoms with Gasteiger partial charge in [0.05, 0.1) is 12.0 Å². The van der Waals surface area contributed by atoms with Crippen LogP contribution in [0, 0.1) is 10.1 Å². The lowest BCUT2D eigenvalue weighted by Crippen LogP contribution is -2.28. The van der Waals surface area contributed by atoms with Crippen molar-refractivity contribution in [3.63, 3.8) is 0 Å². The molecule has 0 aromatic carbocycles. The maximum atomic E-state index is 10.9. The van der Waals surface area contributed by atoms with Gasteiger partial charge < -0.3 is 15.8 Å². The van der Waals surface area contributed by atoms with E-state index < -0.39 is 4.92 Å². The van der Waals surface area contributed by atoms with Gasteiger partial charge in [0, 0.05) is 12.6 Å². The molecule has 0 saturated heterocycles. The first-order valence-electron chi connectivity index (χ1n) is 5.14. The van der Waals surface area contributed by atoms with Crippen LogP contribution in [0.2, 0.25) is 0 Å². The predicted octanol–water partition coefficient (Wildman–Crippen LogP) is 0.543. The van der Waals surface area contributed by atoms with E-state index in [0.717, 1.165) is 6.42 Å². The van der Waals surface area contributed by atoms with E-state index in [2.05, 4.69) is 15.3 Å². The molecule has 1 heterocycles. The molecular weight excluding hydrogens is 226 g/mol. The number of hydrogen-bond acceptors (Lipinski definition) is 7. The molecule has 1 atom stereocenters. The van der Waals surface area contributed by atoms with Gasteiger partial charge >= 0.3 is 5.69 Å². The first-order chi connectivity index (χ1) is 8.13. The number of rotatable bonds is 6. The number of nitrogens with two attached hydrogens (primary N) is 1.